The number of rotatable bonds is 6. The molecule has 1 saturated carbocycles. The van der Waals surface area contributed by atoms with Gasteiger partial charge in [-0.2, -0.15) is 0 Å². The minimum absolute atomic E-state index is 0.0140. The Kier molecular flexibility index (Phi) is 7.28. The molecule has 0 aromatic carbocycles. The van der Waals surface area contributed by atoms with Gasteiger partial charge in [-0.1, -0.05) is 32.6 Å². The molecule has 0 spiro atoms. The Labute approximate surface area is 111 Å². The first-order valence-corrected chi connectivity index (χ1v) is 7.34. The van der Waals surface area contributed by atoms with E-state index in [9.17, 15) is 4.79 Å². The van der Waals surface area contributed by atoms with E-state index in [1.165, 1.54) is 12.8 Å². The summed E-state index contributed by atoms with van der Waals surface area (Å²) in [5, 5.41) is 2.90. The summed E-state index contributed by atoms with van der Waals surface area (Å²) >= 11 is 0. The number of nitrogens with two attached hydrogens (primary N) is 1. The van der Waals surface area contributed by atoms with Gasteiger partial charge in [0.05, 0.1) is 6.10 Å². The van der Waals surface area contributed by atoms with Crippen LogP contribution in [0.2, 0.25) is 0 Å². The summed E-state index contributed by atoms with van der Waals surface area (Å²) in [6, 6.07) is 0.0818. The maximum Gasteiger partial charge on any atom is 0.248 e. The monoisotopic (exact) mass is 256 g/mol. The Balaban J connectivity index is 2.32. The van der Waals surface area contributed by atoms with Crippen LogP contribution < -0.4 is 11.1 Å². The highest BCUT2D eigenvalue weighted by Gasteiger charge is 2.25. The largest absolute Gasteiger partial charge is 0.364 e. The second-order valence-corrected chi connectivity index (χ2v) is 5.26. The molecule has 0 aliphatic heterocycles. The second kappa shape index (κ2) is 8.48. The molecule has 0 saturated heterocycles. The van der Waals surface area contributed by atoms with E-state index in [0.717, 1.165) is 38.6 Å². The van der Waals surface area contributed by atoms with Crippen LogP contribution in [0.5, 0.6) is 0 Å². The van der Waals surface area contributed by atoms with Gasteiger partial charge in [0.1, 0.15) is 6.10 Å². The number of amides is 1. The third kappa shape index (κ3) is 5.36. The lowest BCUT2D eigenvalue weighted by Gasteiger charge is -2.25. The molecule has 0 bridgehead atoms. The Hall–Kier alpha value is -0.610. The van der Waals surface area contributed by atoms with Crippen molar-refractivity contribution >= 4 is 5.91 Å². The second-order valence-electron chi connectivity index (χ2n) is 5.26. The highest BCUT2D eigenvalue weighted by Crippen LogP contribution is 2.20. The molecule has 0 heterocycles. The Bertz CT molecular complexity index is 246. The van der Waals surface area contributed by atoms with Gasteiger partial charge in [0.25, 0.3) is 0 Å². The molecule has 3 N–H and O–H groups in total. The quantitative estimate of drug-likeness (QED) is 0.564. The average molecular weight is 256 g/mol. The Morgan fingerprint density at radius 2 is 2.11 bits per heavy atom. The number of ether oxygens (including phenoxy) is 1. The highest BCUT2D eigenvalue weighted by atomic mass is 16.5. The van der Waals surface area contributed by atoms with Crippen molar-refractivity contribution in [1.29, 1.82) is 0 Å². The molecule has 106 valence electrons. The summed E-state index contributed by atoms with van der Waals surface area (Å²) in [5.41, 5.74) is 6.09. The zero-order valence-electron chi connectivity index (χ0n) is 11.8. The maximum absolute atomic E-state index is 11.8. The topological polar surface area (TPSA) is 64.3 Å². The molecule has 1 aliphatic carbocycles. The summed E-state index contributed by atoms with van der Waals surface area (Å²) in [6.45, 7) is 4.66. The summed E-state index contributed by atoms with van der Waals surface area (Å²) in [5.74, 6) is -0.0140. The van der Waals surface area contributed by atoms with Crippen molar-refractivity contribution in [2.45, 2.75) is 77.0 Å². The summed E-state index contributed by atoms with van der Waals surface area (Å²) in [4.78, 5) is 11.8. The van der Waals surface area contributed by atoms with Crippen molar-refractivity contribution in [3.05, 3.63) is 0 Å². The van der Waals surface area contributed by atoms with E-state index < -0.39 is 6.10 Å². The van der Waals surface area contributed by atoms with E-state index in [4.69, 9.17) is 10.5 Å². The Morgan fingerprint density at radius 1 is 1.39 bits per heavy atom. The number of carbonyl (C=O) groups excluding carboxylic acids is 1. The van der Waals surface area contributed by atoms with Crippen molar-refractivity contribution in [3.63, 3.8) is 0 Å². The van der Waals surface area contributed by atoms with Crippen LogP contribution in [0.25, 0.3) is 0 Å². The number of hydrogen-bond acceptors (Lipinski definition) is 3. The fourth-order valence-corrected chi connectivity index (χ4v) is 2.33. The van der Waals surface area contributed by atoms with Crippen LogP contribution in [-0.2, 0) is 9.53 Å². The normalized spacial score (nSPS) is 26.4. The molecule has 18 heavy (non-hydrogen) atoms. The van der Waals surface area contributed by atoms with Crippen molar-refractivity contribution in [2.24, 2.45) is 5.73 Å². The van der Waals surface area contributed by atoms with E-state index in [1.807, 2.05) is 6.92 Å². The van der Waals surface area contributed by atoms with Gasteiger partial charge in [0.2, 0.25) is 5.91 Å². The van der Waals surface area contributed by atoms with Gasteiger partial charge in [0, 0.05) is 12.6 Å². The van der Waals surface area contributed by atoms with Crippen molar-refractivity contribution in [1.82, 2.24) is 5.32 Å². The molecule has 0 radical (unpaired) electrons. The minimum atomic E-state index is -0.393. The standard InChI is InChI=1S/C14H28N2O2/c1-3-4-10-16-14(17)11(2)18-13-9-7-5-6-8-12(13)15/h11-13H,3-10,15H2,1-2H3,(H,16,17). The zero-order chi connectivity index (χ0) is 13.4. The van der Waals surface area contributed by atoms with Gasteiger partial charge in [0.15, 0.2) is 0 Å². The first-order valence-electron chi connectivity index (χ1n) is 7.34. The predicted octanol–water partition coefficient (Wildman–Crippen LogP) is 1.97. The van der Waals surface area contributed by atoms with Crippen molar-refractivity contribution in [3.8, 4) is 0 Å². The molecule has 4 heteroatoms. The predicted molar refractivity (Wildman–Crippen MR) is 73.3 cm³/mol. The van der Waals surface area contributed by atoms with Crippen LogP contribution in [0.1, 0.15) is 58.8 Å². The zero-order valence-corrected chi connectivity index (χ0v) is 11.8. The van der Waals surface area contributed by atoms with E-state index in [-0.39, 0.29) is 18.1 Å². The number of hydrogen-bond donors (Lipinski definition) is 2. The van der Waals surface area contributed by atoms with Gasteiger partial charge in [-0.25, -0.2) is 0 Å². The average Bonchev–Trinajstić information content (AvgIpc) is 2.55. The molecular weight excluding hydrogens is 228 g/mol. The van der Waals surface area contributed by atoms with Gasteiger partial charge in [-0.05, 0) is 26.2 Å². The molecule has 3 atom stereocenters. The molecule has 0 aromatic heterocycles. The summed E-state index contributed by atoms with van der Waals surface area (Å²) in [6.07, 6.45) is 7.30. The SMILES string of the molecule is CCCCNC(=O)C(C)OC1CCCCCC1N. The van der Waals surface area contributed by atoms with Crippen LogP contribution in [-0.4, -0.2) is 30.7 Å². The third-order valence-electron chi connectivity index (χ3n) is 3.58. The molecular formula is C14H28N2O2. The van der Waals surface area contributed by atoms with E-state index in [1.54, 1.807) is 0 Å². The number of unbranched alkanes of at least 4 members (excludes halogenated alkanes) is 1. The fourth-order valence-electron chi connectivity index (χ4n) is 2.33. The van der Waals surface area contributed by atoms with Gasteiger partial charge < -0.3 is 15.8 Å². The lowest BCUT2D eigenvalue weighted by molar-refractivity contribution is -0.136. The molecule has 3 unspecified atom stereocenters. The minimum Gasteiger partial charge on any atom is -0.364 e. The Morgan fingerprint density at radius 3 is 2.83 bits per heavy atom. The lowest BCUT2D eigenvalue weighted by atomic mass is 10.1. The molecule has 0 aromatic rings. The molecule has 1 rings (SSSR count). The molecule has 1 aliphatic rings. The molecule has 1 amide bonds. The smallest absolute Gasteiger partial charge is 0.248 e. The fraction of sp³-hybridized carbons (Fsp3) is 0.929. The molecule has 1 fully saturated rings. The lowest BCUT2D eigenvalue weighted by Crippen LogP contribution is -2.43. The summed E-state index contributed by atoms with van der Waals surface area (Å²) in [7, 11) is 0. The van der Waals surface area contributed by atoms with Crippen LogP contribution >= 0.6 is 0 Å². The van der Waals surface area contributed by atoms with Crippen molar-refractivity contribution < 1.29 is 9.53 Å². The maximum atomic E-state index is 11.8. The van der Waals surface area contributed by atoms with Crippen LogP contribution in [0, 0.1) is 0 Å². The number of nitrogens with one attached hydrogen (secondary N) is 1. The van der Waals surface area contributed by atoms with Gasteiger partial charge in [-0.3, -0.25) is 4.79 Å². The third-order valence-corrected chi connectivity index (χ3v) is 3.58. The van der Waals surface area contributed by atoms with Gasteiger partial charge in [-0.15, -0.1) is 0 Å². The number of carbonyl (C=O) groups is 1. The van der Waals surface area contributed by atoms with E-state index >= 15 is 0 Å². The van der Waals surface area contributed by atoms with Crippen LogP contribution in [0.3, 0.4) is 0 Å². The van der Waals surface area contributed by atoms with Crippen LogP contribution in [0.4, 0.5) is 0 Å². The summed E-state index contributed by atoms with van der Waals surface area (Å²) < 4.78 is 5.84. The van der Waals surface area contributed by atoms with E-state index in [0.29, 0.717) is 0 Å². The van der Waals surface area contributed by atoms with Crippen molar-refractivity contribution in [2.75, 3.05) is 6.54 Å². The van der Waals surface area contributed by atoms with Crippen LogP contribution in [0.15, 0.2) is 0 Å². The van der Waals surface area contributed by atoms with Gasteiger partial charge >= 0.3 is 0 Å². The first kappa shape index (κ1) is 15.4. The molecule has 4 nitrogen and oxygen atoms in total. The first-order chi connectivity index (χ1) is 8.65. The van der Waals surface area contributed by atoms with E-state index in [2.05, 4.69) is 12.2 Å². The highest BCUT2D eigenvalue weighted by molar-refractivity contribution is 5.80.